The van der Waals surface area contributed by atoms with Gasteiger partial charge in [-0.1, -0.05) is 36.9 Å². The maximum absolute atomic E-state index is 12.0. The lowest BCUT2D eigenvalue weighted by molar-refractivity contribution is -0.145. The van der Waals surface area contributed by atoms with Gasteiger partial charge in [-0.05, 0) is 23.8 Å². The monoisotopic (exact) mass is 414 g/mol. The van der Waals surface area contributed by atoms with Gasteiger partial charge in [0.25, 0.3) is 10.1 Å². The molecule has 3 aromatic rings. The second-order valence-electron chi connectivity index (χ2n) is 6.85. The summed E-state index contributed by atoms with van der Waals surface area (Å²) < 4.78 is 31.5. The maximum Gasteiger partial charge on any atom is 0.326 e. The normalized spacial score (nSPS) is 17.9. The number of carboxylic acids is 1. The molecule has 0 saturated carbocycles. The SMILES string of the molecule is C=C1c2[nH]c3ccccc3c2CC(C(=O)O)N1C(O)c1ccc(S(=O)(=O)O)cc1. The van der Waals surface area contributed by atoms with Gasteiger partial charge in [-0.15, -0.1) is 0 Å². The lowest BCUT2D eigenvalue weighted by Crippen LogP contribution is -2.46. The Morgan fingerprint density at radius 3 is 2.45 bits per heavy atom. The van der Waals surface area contributed by atoms with Crippen molar-refractivity contribution in [2.75, 3.05) is 0 Å². The molecule has 8 nitrogen and oxygen atoms in total. The van der Waals surface area contributed by atoms with Crippen LogP contribution in [-0.2, 0) is 21.3 Å². The highest BCUT2D eigenvalue weighted by molar-refractivity contribution is 7.85. The number of benzene rings is 2. The van der Waals surface area contributed by atoms with Crippen LogP contribution in [0.5, 0.6) is 0 Å². The van der Waals surface area contributed by atoms with Crippen molar-refractivity contribution >= 4 is 32.7 Å². The molecule has 29 heavy (non-hydrogen) atoms. The molecule has 2 aromatic carbocycles. The lowest BCUT2D eigenvalue weighted by Gasteiger charge is -2.39. The van der Waals surface area contributed by atoms with Crippen molar-refractivity contribution in [2.24, 2.45) is 0 Å². The molecule has 9 heteroatoms. The van der Waals surface area contributed by atoms with E-state index in [9.17, 15) is 23.4 Å². The molecule has 1 aliphatic heterocycles. The second kappa shape index (κ2) is 6.73. The zero-order valence-electron chi connectivity index (χ0n) is 15.1. The standard InChI is InChI=1S/C20H18N2O6S/c1-11-18-15(14-4-2-3-5-16(14)21-18)10-17(20(24)25)22(11)19(23)12-6-8-13(9-7-12)29(26,27)28/h2-9,17,19,21,23H,1,10H2,(H,24,25)(H,26,27,28). The first kappa shape index (κ1) is 19.2. The Balaban J connectivity index is 1.77. The summed E-state index contributed by atoms with van der Waals surface area (Å²) in [6.07, 6.45) is -1.22. The zero-order valence-corrected chi connectivity index (χ0v) is 15.9. The van der Waals surface area contributed by atoms with Gasteiger partial charge < -0.3 is 20.1 Å². The molecule has 150 valence electrons. The number of aromatic nitrogens is 1. The Bertz CT molecular complexity index is 1230. The van der Waals surface area contributed by atoms with E-state index < -0.39 is 28.4 Å². The third-order valence-electron chi connectivity index (χ3n) is 5.17. The molecule has 0 saturated heterocycles. The van der Waals surface area contributed by atoms with E-state index in [1.807, 2.05) is 24.3 Å². The van der Waals surface area contributed by atoms with E-state index in [2.05, 4.69) is 11.6 Å². The number of rotatable bonds is 4. The molecular formula is C20H18N2O6S. The summed E-state index contributed by atoms with van der Waals surface area (Å²) in [5.41, 5.74) is 2.91. The van der Waals surface area contributed by atoms with Gasteiger partial charge in [-0.25, -0.2) is 4.79 Å². The van der Waals surface area contributed by atoms with Crippen LogP contribution in [0, 0.1) is 0 Å². The van der Waals surface area contributed by atoms with Crippen LogP contribution in [0.1, 0.15) is 23.0 Å². The van der Waals surface area contributed by atoms with Crippen LogP contribution >= 0.6 is 0 Å². The molecule has 0 amide bonds. The van der Waals surface area contributed by atoms with Crippen LogP contribution in [0.2, 0.25) is 0 Å². The number of nitrogens with one attached hydrogen (secondary N) is 1. The number of aliphatic hydroxyl groups is 1. The number of hydrogen-bond donors (Lipinski definition) is 4. The minimum Gasteiger partial charge on any atom is -0.480 e. The fourth-order valence-electron chi connectivity index (χ4n) is 3.76. The van der Waals surface area contributed by atoms with Crippen LogP contribution in [-0.4, -0.2) is 45.1 Å². The van der Waals surface area contributed by atoms with E-state index in [-0.39, 0.29) is 16.9 Å². The van der Waals surface area contributed by atoms with Crippen molar-refractivity contribution in [3.05, 3.63) is 71.9 Å². The third-order valence-corrected chi connectivity index (χ3v) is 6.04. The number of hydrogen-bond acceptors (Lipinski definition) is 5. The van der Waals surface area contributed by atoms with Crippen molar-refractivity contribution in [1.82, 2.24) is 9.88 Å². The third kappa shape index (κ3) is 3.19. The Labute approximate surface area is 166 Å². The summed E-state index contributed by atoms with van der Waals surface area (Å²) in [6, 6.07) is 11.4. The van der Waals surface area contributed by atoms with E-state index in [0.717, 1.165) is 28.6 Å². The molecule has 1 aliphatic rings. The van der Waals surface area contributed by atoms with E-state index in [1.165, 1.54) is 17.0 Å². The predicted molar refractivity (Wildman–Crippen MR) is 106 cm³/mol. The number of nitrogens with zero attached hydrogens (tertiary/aromatic N) is 1. The fraction of sp³-hybridized carbons (Fsp3) is 0.150. The van der Waals surface area contributed by atoms with Gasteiger partial charge in [-0.2, -0.15) is 8.42 Å². The molecule has 1 aromatic heterocycles. The van der Waals surface area contributed by atoms with E-state index in [0.29, 0.717) is 11.4 Å². The predicted octanol–water partition coefficient (Wildman–Crippen LogP) is 2.39. The van der Waals surface area contributed by atoms with E-state index in [1.54, 1.807) is 0 Å². The van der Waals surface area contributed by atoms with Crippen molar-refractivity contribution in [2.45, 2.75) is 23.6 Å². The van der Waals surface area contributed by atoms with Gasteiger partial charge in [-0.3, -0.25) is 4.55 Å². The summed E-state index contributed by atoms with van der Waals surface area (Å²) in [5, 5.41) is 21.6. The average Bonchev–Trinajstić information content (AvgIpc) is 3.06. The number of aliphatic hydroxyl groups excluding tert-OH is 1. The molecule has 0 spiro atoms. The first-order valence-electron chi connectivity index (χ1n) is 8.74. The average molecular weight is 414 g/mol. The van der Waals surface area contributed by atoms with Crippen LogP contribution in [0.25, 0.3) is 16.6 Å². The number of para-hydroxylation sites is 1. The van der Waals surface area contributed by atoms with Crippen molar-refractivity contribution in [3.8, 4) is 0 Å². The van der Waals surface area contributed by atoms with Crippen LogP contribution in [0.4, 0.5) is 0 Å². The highest BCUT2D eigenvalue weighted by Gasteiger charge is 2.39. The molecule has 4 N–H and O–H groups in total. The number of carboxylic acid groups (broad SMARTS) is 1. The number of fused-ring (bicyclic) bond motifs is 3. The summed E-state index contributed by atoms with van der Waals surface area (Å²) in [6.45, 7) is 4.00. The number of carbonyl (C=O) groups is 1. The Hall–Kier alpha value is -3.14. The van der Waals surface area contributed by atoms with Crippen molar-refractivity contribution < 1.29 is 28.0 Å². The molecule has 0 radical (unpaired) electrons. The van der Waals surface area contributed by atoms with Gasteiger partial charge in [0.1, 0.15) is 6.04 Å². The molecular weight excluding hydrogens is 396 g/mol. The summed E-state index contributed by atoms with van der Waals surface area (Å²) in [5.74, 6) is -1.12. The topological polar surface area (TPSA) is 131 Å². The Morgan fingerprint density at radius 1 is 1.17 bits per heavy atom. The minimum atomic E-state index is -4.37. The summed E-state index contributed by atoms with van der Waals surface area (Å²) >= 11 is 0. The first-order chi connectivity index (χ1) is 13.7. The van der Waals surface area contributed by atoms with Gasteiger partial charge in [0, 0.05) is 22.9 Å². The number of H-pyrrole nitrogens is 1. The molecule has 2 atom stereocenters. The van der Waals surface area contributed by atoms with Gasteiger partial charge in [0.05, 0.1) is 16.3 Å². The van der Waals surface area contributed by atoms with E-state index >= 15 is 0 Å². The molecule has 2 heterocycles. The van der Waals surface area contributed by atoms with Crippen molar-refractivity contribution in [1.29, 1.82) is 0 Å². The molecule has 2 unspecified atom stereocenters. The zero-order chi connectivity index (χ0) is 20.9. The van der Waals surface area contributed by atoms with Crippen molar-refractivity contribution in [3.63, 3.8) is 0 Å². The van der Waals surface area contributed by atoms with Crippen LogP contribution in [0.15, 0.2) is 60.0 Å². The largest absolute Gasteiger partial charge is 0.480 e. The number of aromatic amines is 1. The number of aliphatic carboxylic acids is 1. The van der Waals surface area contributed by atoms with Gasteiger partial charge >= 0.3 is 5.97 Å². The summed E-state index contributed by atoms with van der Waals surface area (Å²) in [7, 11) is -4.37. The maximum atomic E-state index is 12.0. The van der Waals surface area contributed by atoms with Crippen LogP contribution in [0.3, 0.4) is 0 Å². The van der Waals surface area contributed by atoms with E-state index in [4.69, 9.17) is 4.55 Å². The second-order valence-corrected chi connectivity index (χ2v) is 8.28. The molecule has 0 bridgehead atoms. The minimum absolute atomic E-state index is 0.161. The molecule has 4 rings (SSSR count). The smallest absolute Gasteiger partial charge is 0.326 e. The quantitative estimate of drug-likeness (QED) is 0.482. The highest BCUT2D eigenvalue weighted by atomic mass is 32.2. The van der Waals surface area contributed by atoms with Crippen LogP contribution < -0.4 is 0 Å². The van der Waals surface area contributed by atoms with Gasteiger partial charge in [0.2, 0.25) is 0 Å². The highest BCUT2D eigenvalue weighted by Crippen LogP contribution is 2.39. The van der Waals surface area contributed by atoms with Gasteiger partial charge in [0.15, 0.2) is 6.23 Å². The Kier molecular flexibility index (Phi) is 4.45. The molecule has 0 aliphatic carbocycles. The summed E-state index contributed by atoms with van der Waals surface area (Å²) in [4.78, 5) is 16.2. The molecule has 0 fully saturated rings. The lowest BCUT2D eigenvalue weighted by atomic mass is 9.93. The Morgan fingerprint density at radius 2 is 1.83 bits per heavy atom. The first-order valence-corrected chi connectivity index (χ1v) is 10.2. The fourth-order valence-corrected chi connectivity index (χ4v) is 4.24.